The molecular weight excluding hydrogens is 238 g/mol. The number of ether oxygens (including phenoxy) is 1. The average Bonchev–Trinajstić information content (AvgIpc) is 2.34. The van der Waals surface area contributed by atoms with E-state index >= 15 is 0 Å². The van der Waals surface area contributed by atoms with Gasteiger partial charge >= 0.3 is 0 Å². The van der Waals surface area contributed by atoms with Gasteiger partial charge in [0.15, 0.2) is 0 Å². The molecule has 0 aliphatic heterocycles. The number of halogens is 1. The van der Waals surface area contributed by atoms with E-state index in [1.54, 1.807) is 25.3 Å². The molecule has 0 aliphatic rings. The van der Waals surface area contributed by atoms with Crippen molar-refractivity contribution < 1.29 is 9.84 Å². The summed E-state index contributed by atoms with van der Waals surface area (Å²) in [7, 11) is 1.58. The third-order valence-electron chi connectivity index (χ3n) is 2.82. The van der Waals surface area contributed by atoms with Gasteiger partial charge in [0.2, 0.25) is 0 Å². The second-order valence-electron chi connectivity index (χ2n) is 4.12. The van der Waals surface area contributed by atoms with Crippen molar-refractivity contribution in [2.24, 2.45) is 5.73 Å². The first kappa shape index (κ1) is 14.3. The van der Waals surface area contributed by atoms with Crippen molar-refractivity contribution in [1.29, 1.82) is 0 Å². The minimum atomic E-state index is -0.567. The van der Waals surface area contributed by atoms with Crippen LogP contribution in [0, 0.1) is 0 Å². The smallest absolute Gasteiger partial charge is 0.123 e. The van der Waals surface area contributed by atoms with Crippen molar-refractivity contribution >= 4 is 11.6 Å². The van der Waals surface area contributed by atoms with Crippen LogP contribution in [0.5, 0.6) is 5.75 Å². The van der Waals surface area contributed by atoms with E-state index in [1.165, 1.54) is 0 Å². The number of hydrogen-bond acceptors (Lipinski definition) is 3. The lowest BCUT2D eigenvalue weighted by molar-refractivity contribution is 0.131. The van der Waals surface area contributed by atoms with Crippen molar-refractivity contribution in [3.05, 3.63) is 28.8 Å². The first-order valence-corrected chi connectivity index (χ1v) is 6.25. The van der Waals surface area contributed by atoms with E-state index < -0.39 is 12.1 Å². The highest BCUT2D eigenvalue weighted by Crippen LogP contribution is 2.29. The molecule has 3 N–H and O–H groups in total. The van der Waals surface area contributed by atoms with Crippen LogP contribution in [0.15, 0.2) is 18.2 Å². The largest absolute Gasteiger partial charge is 0.496 e. The van der Waals surface area contributed by atoms with E-state index in [1.807, 2.05) is 0 Å². The average molecular weight is 258 g/mol. The molecule has 0 fully saturated rings. The molecule has 0 heterocycles. The molecule has 0 saturated heterocycles. The summed E-state index contributed by atoms with van der Waals surface area (Å²) in [4.78, 5) is 0. The van der Waals surface area contributed by atoms with E-state index in [9.17, 15) is 5.11 Å². The highest BCUT2D eigenvalue weighted by atomic mass is 35.5. The Balaban J connectivity index is 2.86. The molecule has 96 valence electrons. The van der Waals surface area contributed by atoms with Gasteiger partial charge in [0.1, 0.15) is 5.75 Å². The van der Waals surface area contributed by atoms with Gasteiger partial charge in [-0.1, -0.05) is 31.4 Å². The standard InChI is InChI=1S/C13H20ClNO2/c1-3-4-5-11(16)13(15)10-8-9(14)6-7-12(10)17-2/h6-8,11,13,16H,3-5,15H2,1-2H3/t11-,13+/m0/s1. The van der Waals surface area contributed by atoms with Crippen molar-refractivity contribution in [3.8, 4) is 5.75 Å². The Morgan fingerprint density at radius 1 is 1.47 bits per heavy atom. The van der Waals surface area contributed by atoms with E-state index in [4.69, 9.17) is 22.1 Å². The SMILES string of the molecule is CCCC[C@H](O)[C@H](N)c1cc(Cl)ccc1OC. The molecular formula is C13H20ClNO2. The second-order valence-corrected chi connectivity index (χ2v) is 4.56. The summed E-state index contributed by atoms with van der Waals surface area (Å²) >= 11 is 5.93. The van der Waals surface area contributed by atoms with Crippen LogP contribution < -0.4 is 10.5 Å². The quantitative estimate of drug-likeness (QED) is 0.824. The van der Waals surface area contributed by atoms with E-state index in [-0.39, 0.29) is 0 Å². The van der Waals surface area contributed by atoms with E-state index in [0.29, 0.717) is 17.2 Å². The molecule has 0 amide bonds. The first-order chi connectivity index (χ1) is 8.10. The molecule has 4 heteroatoms. The maximum absolute atomic E-state index is 9.99. The van der Waals surface area contributed by atoms with Gasteiger partial charge in [-0.15, -0.1) is 0 Å². The molecule has 17 heavy (non-hydrogen) atoms. The molecule has 2 atom stereocenters. The third-order valence-corrected chi connectivity index (χ3v) is 3.05. The normalized spacial score (nSPS) is 14.4. The van der Waals surface area contributed by atoms with E-state index in [2.05, 4.69) is 6.92 Å². The number of benzene rings is 1. The highest BCUT2D eigenvalue weighted by Gasteiger charge is 2.20. The van der Waals surface area contributed by atoms with Crippen LogP contribution in [0.2, 0.25) is 5.02 Å². The summed E-state index contributed by atoms with van der Waals surface area (Å²) in [5.41, 5.74) is 6.79. The molecule has 0 unspecified atom stereocenters. The Morgan fingerprint density at radius 3 is 2.76 bits per heavy atom. The van der Waals surface area contributed by atoms with Gasteiger partial charge in [0, 0.05) is 10.6 Å². The molecule has 0 spiro atoms. The molecule has 0 aromatic heterocycles. The summed E-state index contributed by atoms with van der Waals surface area (Å²) in [6.07, 6.45) is 2.11. The third kappa shape index (κ3) is 3.87. The Bertz CT molecular complexity index is 357. The van der Waals surface area contributed by atoms with Gasteiger partial charge < -0.3 is 15.6 Å². The minimum absolute atomic E-state index is 0.463. The van der Waals surface area contributed by atoms with Crippen molar-refractivity contribution in [2.45, 2.75) is 38.3 Å². The van der Waals surface area contributed by atoms with Crippen LogP contribution in [0.4, 0.5) is 0 Å². The van der Waals surface area contributed by atoms with Gasteiger partial charge in [-0.2, -0.15) is 0 Å². The molecule has 1 rings (SSSR count). The number of nitrogens with two attached hydrogens (primary N) is 1. The summed E-state index contributed by atoms with van der Waals surface area (Å²) < 4.78 is 5.23. The number of hydrogen-bond donors (Lipinski definition) is 2. The zero-order valence-electron chi connectivity index (χ0n) is 10.3. The van der Waals surface area contributed by atoms with Crippen LogP contribution >= 0.6 is 11.6 Å². The van der Waals surface area contributed by atoms with Gasteiger partial charge in [0.05, 0.1) is 19.3 Å². The predicted octanol–water partition coefficient (Wildman–Crippen LogP) is 2.90. The molecule has 0 bridgehead atoms. The lowest BCUT2D eigenvalue weighted by atomic mass is 9.97. The summed E-state index contributed by atoms with van der Waals surface area (Å²) in [5, 5.41) is 10.6. The number of aliphatic hydroxyl groups is 1. The number of unbranched alkanes of at least 4 members (excludes halogenated alkanes) is 1. The summed E-state index contributed by atoms with van der Waals surface area (Å²) in [6, 6.07) is 4.80. The fourth-order valence-electron chi connectivity index (χ4n) is 1.77. The Hall–Kier alpha value is -0.770. The molecule has 0 saturated carbocycles. The fraction of sp³-hybridized carbons (Fsp3) is 0.538. The predicted molar refractivity (Wildman–Crippen MR) is 70.5 cm³/mol. The van der Waals surface area contributed by atoms with Gasteiger partial charge in [0.25, 0.3) is 0 Å². The molecule has 0 aliphatic carbocycles. The summed E-state index contributed by atoms with van der Waals surface area (Å²) in [6.45, 7) is 2.08. The topological polar surface area (TPSA) is 55.5 Å². The molecule has 0 radical (unpaired) electrons. The van der Waals surface area contributed by atoms with Gasteiger partial charge in [-0.05, 0) is 24.6 Å². The van der Waals surface area contributed by atoms with Gasteiger partial charge in [-0.3, -0.25) is 0 Å². The van der Waals surface area contributed by atoms with Crippen molar-refractivity contribution in [3.63, 3.8) is 0 Å². The number of rotatable bonds is 6. The van der Waals surface area contributed by atoms with Crippen LogP contribution in [0.3, 0.4) is 0 Å². The van der Waals surface area contributed by atoms with Crippen LogP contribution in [0.25, 0.3) is 0 Å². The lowest BCUT2D eigenvalue weighted by Crippen LogP contribution is -2.26. The zero-order chi connectivity index (χ0) is 12.8. The first-order valence-electron chi connectivity index (χ1n) is 5.87. The lowest BCUT2D eigenvalue weighted by Gasteiger charge is -2.21. The molecule has 3 nitrogen and oxygen atoms in total. The van der Waals surface area contributed by atoms with Crippen LogP contribution in [0.1, 0.15) is 37.8 Å². The van der Waals surface area contributed by atoms with Crippen LogP contribution in [-0.2, 0) is 0 Å². The number of methoxy groups -OCH3 is 1. The maximum Gasteiger partial charge on any atom is 0.123 e. The Morgan fingerprint density at radius 2 is 2.18 bits per heavy atom. The second kappa shape index (κ2) is 6.84. The molecule has 1 aromatic carbocycles. The fourth-order valence-corrected chi connectivity index (χ4v) is 1.95. The van der Waals surface area contributed by atoms with E-state index in [0.717, 1.165) is 18.4 Å². The summed E-state index contributed by atoms with van der Waals surface area (Å²) in [5.74, 6) is 0.664. The van der Waals surface area contributed by atoms with Crippen molar-refractivity contribution in [1.82, 2.24) is 0 Å². The minimum Gasteiger partial charge on any atom is -0.496 e. The Labute approximate surface area is 108 Å². The van der Waals surface area contributed by atoms with Crippen molar-refractivity contribution in [2.75, 3.05) is 7.11 Å². The van der Waals surface area contributed by atoms with Gasteiger partial charge in [-0.25, -0.2) is 0 Å². The van der Waals surface area contributed by atoms with Crippen LogP contribution in [-0.4, -0.2) is 18.3 Å². The number of aliphatic hydroxyl groups excluding tert-OH is 1. The Kier molecular flexibility index (Phi) is 5.75. The zero-order valence-corrected chi connectivity index (χ0v) is 11.1. The highest BCUT2D eigenvalue weighted by molar-refractivity contribution is 6.30. The maximum atomic E-state index is 9.99. The monoisotopic (exact) mass is 257 g/mol. The molecule has 1 aromatic rings.